The van der Waals surface area contributed by atoms with Crippen molar-refractivity contribution >= 4 is 39.1 Å². The Kier molecular flexibility index (Phi) is 5.91. The van der Waals surface area contributed by atoms with E-state index in [-0.39, 0.29) is 5.38 Å². The highest BCUT2D eigenvalue weighted by Crippen LogP contribution is 2.33. The van der Waals surface area contributed by atoms with E-state index in [1.165, 1.54) is 5.56 Å². The molecule has 2 rings (SSSR count). The molecule has 0 aliphatic carbocycles. The van der Waals surface area contributed by atoms with E-state index in [1.807, 2.05) is 18.2 Å². The van der Waals surface area contributed by atoms with E-state index >= 15 is 0 Å². The molecule has 2 aromatic carbocycles. The Labute approximate surface area is 138 Å². The van der Waals surface area contributed by atoms with Crippen molar-refractivity contribution in [2.45, 2.75) is 11.8 Å². The Balaban J connectivity index is 2.15. The van der Waals surface area contributed by atoms with Crippen LogP contribution in [0.3, 0.4) is 0 Å². The minimum Gasteiger partial charge on any atom is -0.384 e. The molecular formula is C16H15BrCl2O. The second-order valence-electron chi connectivity index (χ2n) is 4.52. The van der Waals surface area contributed by atoms with E-state index in [4.69, 9.17) is 27.9 Å². The van der Waals surface area contributed by atoms with E-state index in [0.717, 1.165) is 28.6 Å². The van der Waals surface area contributed by atoms with Crippen molar-refractivity contribution < 1.29 is 4.74 Å². The molecule has 0 amide bonds. The Morgan fingerprint density at radius 2 is 1.75 bits per heavy atom. The van der Waals surface area contributed by atoms with Gasteiger partial charge in [0.15, 0.2) is 0 Å². The highest BCUT2D eigenvalue weighted by Gasteiger charge is 2.12. The predicted molar refractivity (Wildman–Crippen MR) is 88.9 cm³/mol. The molecule has 0 aliphatic heterocycles. The van der Waals surface area contributed by atoms with Gasteiger partial charge in [-0.25, -0.2) is 0 Å². The summed E-state index contributed by atoms with van der Waals surface area (Å²) in [6.45, 7) is 0.728. The topological polar surface area (TPSA) is 9.23 Å². The fourth-order valence-electron chi connectivity index (χ4n) is 1.94. The third-order valence-corrected chi connectivity index (χ3v) is 4.84. The van der Waals surface area contributed by atoms with Crippen LogP contribution >= 0.6 is 39.1 Å². The summed E-state index contributed by atoms with van der Waals surface area (Å²) in [5.74, 6) is 0. The van der Waals surface area contributed by atoms with Crippen molar-refractivity contribution in [3.05, 3.63) is 68.7 Å². The minimum absolute atomic E-state index is 0.197. The molecule has 106 valence electrons. The summed E-state index contributed by atoms with van der Waals surface area (Å²) in [4.78, 5) is 0. The molecule has 1 nitrogen and oxygen atoms in total. The van der Waals surface area contributed by atoms with Crippen molar-refractivity contribution in [2.75, 3.05) is 13.7 Å². The van der Waals surface area contributed by atoms with Crippen LogP contribution in [0, 0.1) is 0 Å². The van der Waals surface area contributed by atoms with Crippen LogP contribution in [0.1, 0.15) is 22.1 Å². The molecule has 0 heterocycles. The second-order valence-corrected chi connectivity index (χ2v) is 6.22. The van der Waals surface area contributed by atoms with Gasteiger partial charge in [0.2, 0.25) is 0 Å². The molecule has 0 saturated heterocycles. The van der Waals surface area contributed by atoms with Gasteiger partial charge in [-0.2, -0.15) is 0 Å². The van der Waals surface area contributed by atoms with Crippen LogP contribution in [0.2, 0.25) is 5.02 Å². The zero-order valence-corrected chi connectivity index (χ0v) is 14.2. The molecule has 1 atom stereocenters. The van der Waals surface area contributed by atoms with E-state index in [2.05, 4.69) is 40.2 Å². The van der Waals surface area contributed by atoms with Gasteiger partial charge in [0.05, 0.1) is 17.0 Å². The molecule has 0 radical (unpaired) electrons. The molecule has 0 aromatic heterocycles. The zero-order chi connectivity index (χ0) is 14.5. The molecule has 0 aliphatic rings. The van der Waals surface area contributed by atoms with Gasteiger partial charge in [0, 0.05) is 11.6 Å². The average molecular weight is 374 g/mol. The second kappa shape index (κ2) is 7.46. The fraction of sp³-hybridized carbons (Fsp3) is 0.250. The monoisotopic (exact) mass is 372 g/mol. The smallest absolute Gasteiger partial charge is 0.0835 e. The molecule has 2 aromatic rings. The van der Waals surface area contributed by atoms with Crippen molar-refractivity contribution in [1.29, 1.82) is 0 Å². The maximum atomic E-state index is 6.51. The minimum atomic E-state index is -0.197. The summed E-state index contributed by atoms with van der Waals surface area (Å²) in [5.41, 5.74) is 3.30. The third-order valence-electron chi connectivity index (χ3n) is 3.10. The third kappa shape index (κ3) is 3.98. The first-order chi connectivity index (χ1) is 9.61. The molecule has 0 bridgehead atoms. The van der Waals surface area contributed by atoms with Crippen molar-refractivity contribution in [2.24, 2.45) is 0 Å². The van der Waals surface area contributed by atoms with E-state index in [1.54, 1.807) is 7.11 Å². The highest BCUT2D eigenvalue weighted by molar-refractivity contribution is 9.10. The Morgan fingerprint density at radius 1 is 1.10 bits per heavy atom. The molecule has 0 N–H and O–H groups in total. The molecular weight excluding hydrogens is 359 g/mol. The zero-order valence-electron chi connectivity index (χ0n) is 11.1. The standard InChI is InChI=1S/C16H15BrCl2O/c1-20-9-8-11-2-4-12(5-3-11)16(19)13-6-7-14(17)15(18)10-13/h2-7,10,16H,8-9H2,1H3. The van der Waals surface area contributed by atoms with Crippen LogP contribution < -0.4 is 0 Å². The molecule has 20 heavy (non-hydrogen) atoms. The summed E-state index contributed by atoms with van der Waals surface area (Å²) in [6.07, 6.45) is 0.911. The Morgan fingerprint density at radius 3 is 2.35 bits per heavy atom. The summed E-state index contributed by atoms with van der Waals surface area (Å²) < 4.78 is 5.95. The van der Waals surface area contributed by atoms with Gasteiger partial charge in [-0.15, -0.1) is 11.6 Å². The Hall–Kier alpha value is -0.540. The molecule has 4 heteroatoms. The first kappa shape index (κ1) is 15.8. The largest absolute Gasteiger partial charge is 0.384 e. The van der Waals surface area contributed by atoms with E-state index in [0.29, 0.717) is 5.02 Å². The number of hydrogen-bond acceptors (Lipinski definition) is 1. The van der Waals surface area contributed by atoms with Crippen molar-refractivity contribution in [3.8, 4) is 0 Å². The summed E-state index contributed by atoms with van der Waals surface area (Å²) in [7, 11) is 1.71. The summed E-state index contributed by atoms with van der Waals surface area (Å²) in [5, 5.41) is 0.474. The lowest BCUT2D eigenvalue weighted by atomic mass is 10.0. The number of methoxy groups -OCH3 is 1. The van der Waals surface area contributed by atoms with Crippen LogP contribution in [0.5, 0.6) is 0 Å². The van der Waals surface area contributed by atoms with Crippen LogP contribution in [-0.2, 0) is 11.2 Å². The SMILES string of the molecule is COCCc1ccc(C(Cl)c2ccc(Br)c(Cl)c2)cc1. The number of benzene rings is 2. The van der Waals surface area contributed by atoms with Crippen LogP contribution in [0.15, 0.2) is 46.9 Å². The molecule has 1 unspecified atom stereocenters. The molecule has 0 spiro atoms. The number of halogens is 3. The van der Waals surface area contributed by atoms with E-state index < -0.39 is 0 Å². The van der Waals surface area contributed by atoms with Crippen LogP contribution in [0.4, 0.5) is 0 Å². The normalized spacial score (nSPS) is 12.4. The van der Waals surface area contributed by atoms with E-state index in [9.17, 15) is 0 Å². The number of ether oxygens (including phenoxy) is 1. The predicted octanol–water partition coefficient (Wildman–Crippen LogP) is 5.62. The van der Waals surface area contributed by atoms with Gasteiger partial charge >= 0.3 is 0 Å². The lowest BCUT2D eigenvalue weighted by Crippen LogP contribution is -1.97. The van der Waals surface area contributed by atoms with Gasteiger partial charge in [-0.1, -0.05) is 41.9 Å². The van der Waals surface area contributed by atoms with Crippen LogP contribution in [0.25, 0.3) is 0 Å². The lowest BCUT2D eigenvalue weighted by Gasteiger charge is -2.12. The van der Waals surface area contributed by atoms with Crippen molar-refractivity contribution in [3.63, 3.8) is 0 Å². The summed E-state index contributed by atoms with van der Waals surface area (Å²) >= 11 is 16.0. The summed E-state index contributed by atoms with van der Waals surface area (Å²) in [6, 6.07) is 14.1. The maximum absolute atomic E-state index is 6.51. The van der Waals surface area contributed by atoms with Gasteiger partial charge in [-0.3, -0.25) is 0 Å². The molecule has 0 saturated carbocycles. The first-order valence-electron chi connectivity index (χ1n) is 6.28. The fourth-order valence-corrected chi connectivity index (χ4v) is 2.65. The number of alkyl halides is 1. The molecule has 0 fully saturated rings. The number of hydrogen-bond donors (Lipinski definition) is 0. The highest BCUT2D eigenvalue weighted by atomic mass is 79.9. The Bertz CT molecular complexity index is 569. The van der Waals surface area contributed by atoms with Gasteiger partial charge in [0.1, 0.15) is 0 Å². The van der Waals surface area contributed by atoms with Gasteiger partial charge in [-0.05, 0) is 51.2 Å². The lowest BCUT2D eigenvalue weighted by molar-refractivity contribution is 0.202. The van der Waals surface area contributed by atoms with Crippen LogP contribution in [-0.4, -0.2) is 13.7 Å². The van der Waals surface area contributed by atoms with Gasteiger partial charge < -0.3 is 4.74 Å². The quantitative estimate of drug-likeness (QED) is 0.618. The van der Waals surface area contributed by atoms with Gasteiger partial charge in [0.25, 0.3) is 0 Å². The number of rotatable bonds is 5. The average Bonchev–Trinajstić information content (AvgIpc) is 2.48. The first-order valence-corrected chi connectivity index (χ1v) is 7.89. The van der Waals surface area contributed by atoms with Crippen molar-refractivity contribution in [1.82, 2.24) is 0 Å². The maximum Gasteiger partial charge on any atom is 0.0835 e.